The third kappa shape index (κ3) is 5.04. The van der Waals surface area contributed by atoms with E-state index in [1.807, 2.05) is 40.1 Å². The van der Waals surface area contributed by atoms with Crippen molar-refractivity contribution < 1.29 is 9.59 Å². The van der Waals surface area contributed by atoms with Gasteiger partial charge in [-0.05, 0) is 30.4 Å². The standard InChI is InChI=1S/C28H31N5O2/c1-21(34)31-16-18-33(19-17-31)28-29-20-25(27(35)32-14-6-3-7-15-32)26(30-28)24-12-10-23(11-13-24)22-8-4-2-5-9-22/h2,4-5,8-13,20H,3,6-7,14-19H2,1H3. The van der Waals surface area contributed by atoms with Crippen LogP contribution in [-0.2, 0) is 4.79 Å². The molecular weight excluding hydrogens is 438 g/mol. The number of hydrogen-bond acceptors (Lipinski definition) is 5. The summed E-state index contributed by atoms with van der Waals surface area (Å²) in [5.74, 6) is 0.692. The first-order chi connectivity index (χ1) is 17.1. The molecule has 7 nitrogen and oxygen atoms in total. The topological polar surface area (TPSA) is 69.6 Å². The molecule has 0 saturated carbocycles. The fourth-order valence-electron chi connectivity index (χ4n) is 4.84. The number of anilines is 1. The molecule has 7 heteroatoms. The van der Waals surface area contributed by atoms with Crippen molar-refractivity contribution in [2.75, 3.05) is 44.2 Å². The van der Waals surface area contributed by atoms with Crippen LogP contribution in [0.3, 0.4) is 0 Å². The second-order valence-corrected chi connectivity index (χ2v) is 9.22. The van der Waals surface area contributed by atoms with Gasteiger partial charge in [0.15, 0.2) is 0 Å². The summed E-state index contributed by atoms with van der Waals surface area (Å²) in [6.07, 6.45) is 4.93. The Labute approximate surface area is 206 Å². The molecule has 2 fully saturated rings. The summed E-state index contributed by atoms with van der Waals surface area (Å²) in [4.78, 5) is 40.6. The summed E-state index contributed by atoms with van der Waals surface area (Å²) in [5.41, 5.74) is 4.38. The lowest BCUT2D eigenvalue weighted by molar-refractivity contribution is -0.129. The Balaban J connectivity index is 1.48. The molecule has 0 atom stereocenters. The summed E-state index contributed by atoms with van der Waals surface area (Å²) in [6, 6.07) is 18.5. The van der Waals surface area contributed by atoms with Crippen LogP contribution in [-0.4, -0.2) is 70.9 Å². The second-order valence-electron chi connectivity index (χ2n) is 9.22. The lowest BCUT2D eigenvalue weighted by Crippen LogP contribution is -2.48. The van der Waals surface area contributed by atoms with Crippen molar-refractivity contribution in [1.82, 2.24) is 19.8 Å². The third-order valence-corrected chi connectivity index (χ3v) is 6.92. The zero-order valence-electron chi connectivity index (χ0n) is 20.2. The van der Waals surface area contributed by atoms with Gasteiger partial charge in [-0.3, -0.25) is 9.59 Å². The van der Waals surface area contributed by atoms with Crippen molar-refractivity contribution in [1.29, 1.82) is 0 Å². The first-order valence-electron chi connectivity index (χ1n) is 12.4. The summed E-state index contributed by atoms with van der Waals surface area (Å²) in [7, 11) is 0. The van der Waals surface area contributed by atoms with E-state index >= 15 is 0 Å². The predicted molar refractivity (Wildman–Crippen MR) is 137 cm³/mol. The molecule has 180 valence electrons. The van der Waals surface area contributed by atoms with E-state index in [4.69, 9.17) is 4.98 Å². The van der Waals surface area contributed by atoms with E-state index < -0.39 is 0 Å². The Bertz CT molecular complexity index is 1180. The molecule has 1 aromatic heterocycles. The molecule has 2 saturated heterocycles. The molecule has 3 aromatic rings. The van der Waals surface area contributed by atoms with Gasteiger partial charge in [0, 0.05) is 58.0 Å². The largest absolute Gasteiger partial charge is 0.339 e. The number of rotatable bonds is 4. The Morgan fingerprint density at radius 1 is 0.714 bits per heavy atom. The molecule has 0 radical (unpaired) electrons. The van der Waals surface area contributed by atoms with Crippen molar-refractivity contribution in [2.45, 2.75) is 26.2 Å². The van der Waals surface area contributed by atoms with Gasteiger partial charge >= 0.3 is 0 Å². The minimum Gasteiger partial charge on any atom is -0.339 e. The van der Waals surface area contributed by atoms with Gasteiger partial charge in [-0.1, -0.05) is 54.6 Å². The van der Waals surface area contributed by atoms with Crippen LogP contribution in [0.5, 0.6) is 0 Å². The fraction of sp³-hybridized carbons (Fsp3) is 0.357. The molecule has 2 amide bonds. The molecule has 0 aliphatic carbocycles. The van der Waals surface area contributed by atoms with E-state index in [9.17, 15) is 9.59 Å². The summed E-state index contributed by atoms with van der Waals surface area (Å²) in [5, 5.41) is 0. The van der Waals surface area contributed by atoms with Gasteiger partial charge in [-0.25, -0.2) is 9.97 Å². The third-order valence-electron chi connectivity index (χ3n) is 6.92. The highest BCUT2D eigenvalue weighted by Gasteiger charge is 2.26. The monoisotopic (exact) mass is 469 g/mol. The fourth-order valence-corrected chi connectivity index (χ4v) is 4.84. The Morgan fingerprint density at radius 2 is 1.34 bits per heavy atom. The molecule has 0 unspecified atom stereocenters. The maximum atomic E-state index is 13.5. The van der Waals surface area contributed by atoms with E-state index in [-0.39, 0.29) is 11.8 Å². The maximum absolute atomic E-state index is 13.5. The minimum atomic E-state index is -0.000199. The highest BCUT2D eigenvalue weighted by molar-refractivity contribution is 6.00. The number of piperazine rings is 1. The molecule has 3 heterocycles. The average molecular weight is 470 g/mol. The normalized spacial score (nSPS) is 16.3. The number of likely N-dealkylation sites (tertiary alicyclic amines) is 1. The molecule has 35 heavy (non-hydrogen) atoms. The van der Waals surface area contributed by atoms with E-state index in [1.54, 1.807) is 13.1 Å². The summed E-state index contributed by atoms with van der Waals surface area (Å²) in [6.45, 7) is 5.80. The van der Waals surface area contributed by atoms with Gasteiger partial charge in [0.2, 0.25) is 11.9 Å². The van der Waals surface area contributed by atoms with Crippen LogP contribution in [0.1, 0.15) is 36.5 Å². The quantitative estimate of drug-likeness (QED) is 0.575. The molecule has 2 aliphatic rings. The van der Waals surface area contributed by atoms with Crippen LogP contribution in [0.4, 0.5) is 5.95 Å². The first kappa shape index (κ1) is 23.0. The van der Waals surface area contributed by atoms with E-state index in [0.29, 0.717) is 43.4 Å². The zero-order chi connectivity index (χ0) is 24.2. The molecule has 2 aliphatic heterocycles. The number of hydrogen-bond donors (Lipinski definition) is 0. The predicted octanol–water partition coefficient (Wildman–Crippen LogP) is 4.11. The van der Waals surface area contributed by atoms with Crippen molar-refractivity contribution in [3.63, 3.8) is 0 Å². The Kier molecular flexibility index (Phi) is 6.75. The van der Waals surface area contributed by atoms with Gasteiger partial charge in [0.1, 0.15) is 0 Å². The number of nitrogens with zero attached hydrogens (tertiary/aromatic N) is 5. The molecule has 0 N–H and O–H groups in total. The van der Waals surface area contributed by atoms with Gasteiger partial charge in [-0.2, -0.15) is 0 Å². The lowest BCUT2D eigenvalue weighted by Gasteiger charge is -2.34. The van der Waals surface area contributed by atoms with Gasteiger partial charge < -0.3 is 14.7 Å². The second kappa shape index (κ2) is 10.3. The van der Waals surface area contributed by atoms with Crippen molar-refractivity contribution in [3.8, 4) is 22.4 Å². The minimum absolute atomic E-state index is 0.000199. The maximum Gasteiger partial charge on any atom is 0.257 e. The smallest absolute Gasteiger partial charge is 0.257 e. The number of carbonyl (C=O) groups is 2. The average Bonchev–Trinajstić information content (AvgIpc) is 2.93. The zero-order valence-corrected chi connectivity index (χ0v) is 20.2. The number of carbonyl (C=O) groups excluding carboxylic acids is 2. The number of piperidine rings is 1. The molecular formula is C28H31N5O2. The Morgan fingerprint density at radius 3 is 2.00 bits per heavy atom. The number of aromatic nitrogens is 2. The van der Waals surface area contributed by atoms with Crippen LogP contribution in [0.15, 0.2) is 60.8 Å². The van der Waals surface area contributed by atoms with Crippen molar-refractivity contribution >= 4 is 17.8 Å². The summed E-state index contributed by atoms with van der Waals surface area (Å²) < 4.78 is 0. The lowest BCUT2D eigenvalue weighted by atomic mass is 10.0. The first-order valence-corrected chi connectivity index (χ1v) is 12.4. The Hall–Kier alpha value is -3.74. The van der Waals surface area contributed by atoms with Crippen molar-refractivity contribution in [2.24, 2.45) is 0 Å². The van der Waals surface area contributed by atoms with E-state index in [0.717, 1.165) is 42.6 Å². The van der Waals surface area contributed by atoms with Crippen LogP contribution in [0.2, 0.25) is 0 Å². The SMILES string of the molecule is CC(=O)N1CCN(c2ncc(C(=O)N3CCCCC3)c(-c3ccc(-c4ccccc4)cc3)n2)CC1. The molecule has 0 bridgehead atoms. The highest BCUT2D eigenvalue weighted by Crippen LogP contribution is 2.29. The van der Waals surface area contributed by atoms with Gasteiger partial charge in [0.25, 0.3) is 5.91 Å². The van der Waals surface area contributed by atoms with Crippen LogP contribution in [0, 0.1) is 0 Å². The van der Waals surface area contributed by atoms with E-state index in [2.05, 4.69) is 34.1 Å². The number of amides is 2. The summed E-state index contributed by atoms with van der Waals surface area (Å²) >= 11 is 0. The van der Waals surface area contributed by atoms with Crippen LogP contribution < -0.4 is 4.90 Å². The highest BCUT2D eigenvalue weighted by atomic mass is 16.2. The molecule has 5 rings (SSSR count). The molecule has 2 aromatic carbocycles. The van der Waals surface area contributed by atoms with Crippen LogP contribution >= 0.6 is 0 Å². The van der Waals surface area contributed by atoms with Crippen LogP contribution in [0.25, 0.3) is 22.4 Å². The van der Waals surface area contributed by atoms with Gasteiger partial charge in [-0.15, -0.1) is 0 Å². The van der Waals surface area contributed by atoms with Gasteiger partial charge in [0.05, 0.1) is 11.3 Å². The van der Waals surface area contributed by atoms with Crippen molar-refractivity contribution in [3.05, 3.63) is 66.4 Å². The van der Waals surface area contributed by atoms with E-state index in [1.165, 1.54) is 6.42 Å². The number of benzene rings is 2. The molecule has 0 spiro atoms.